The van der Waals surface area contributed by atoms with Crippen LogP contribution in [0.4, 0.5) is 0 Å². The molecule has 1 aromatic rings. The van der Waals surface area contributed by atoms with Crippen LogP contribution in [0.25, 0.3) is 0 Å². The lowest BCUT2D eigenvalue weighted by molar-refractivity contribution is 0.170. The number of hydrogen-bond acceptors (Lipinski definition) is 1. The van der Waals surface area contributed by atoms with Gasteiger partial charge in [-0.2, -0.15) is 0 Å². The second-order valence-electron chi connectivity index (χ2n) is 4.18. The van der Waals surface area contributed by atoms with Crippen molar-refractivity contribution in [1.82, 2.24) is 4.98 Å². The molecular weight excluding hydrogens is 306 g/mol. The molecule has 0 bridgehead atoms. The first-order valence-corrected chi connectivity index (χ1v) is 6.81. The first kappa shape index (κ1) is 10.6. The lowest BCUT2D eigenvalue weighted by Crippen LogP contribution is -2.33. The molecule has 0 spiro atoms. The summed E-state index contributed by atoms with van der Waals surface area (Å²) in [5.74, 6) is 0. The molecule has 1 heterocycles. The lowest BCUT2D eigenvalue weighted by Gasteiger charge is -2.40. The van der Waals surface area contributed by atoms with Gasteiger partial charge in [-0.1, -0.05) is 22.4 Å². The van der Waals surface area contributed by atoms with Gasteiger partial charge in [0.05, 0.1) is 0 Å². The molecule has 0 saturated heterocycles. The summed E-state index contributed by atoms with van der Waals surface area (Å²) >= 11 is 7.08. The zero-order valence-corrected chi connectivity index (χ0v) is 11.1. The van der Waals surface area contributed by atoms with Gasteiger partial charge in [-0.25, -0.2) is 0 Å². The molecule has 1 aliphatic rings. The van der Waals surface area contributed by atoms with E-state index in [1.807, 2.05) is 12.4 Å². The van der Waals surface area contributed by atoms with Gasteiger partial charge in [0.2, 0.25) is 0 Å². The van der Waals surface area contributed by atoms with Crippen LogP contribution in [0.5, 0.6) is 0 Å². The van der Waals surface area contributed by atoms with Crippen LogP contribution in [-0.4, -0.2) is 10.3 Å². The van der Waals surface area contributed by atoms with Crippen molar-refractivity contribution >= 4 is 31.9 Å². The monoisotopic (exact) mass is 317 g/mol. The Morgan fingerprint density at radius 3 is 2.64 bits per heavy atom. The standard InChI is InChI=1S/C11H13Br2N/c12-8-11(2-1-3-11)5-9-4-10(13)7-14-6-9/h4,6-7H,1-3,5,8H2. The van der Waals surface area contributed by atoms with Crippen molar-refractivity contribution in [2.75, 3.05) is 5.33 Å². The third kappa shape index (κ3) is 2.19. The number of pyridine rings is 1. The Balaban J connectivity index is 2.09. The summed E-state index contributed by atoms with van der Waals surface area (Å²) in [5.41, 5.74) is 1.86. The molecule has 3 heteroatoms. The molecule has 1 fully saturated rings. The van der Waals surface area contributed by atoms with E-state index in [1.165, 1.54) is 24.8 Å². The van der Waals surface area contributed by atoms with E-state index in [4.69, 9.17) is 0 Å². The molecular formula is C11H13Br2N. The van der Waals surface area contributed by atoms with Gasteiger partial charge in [0.25, 0.3) is 0 Å². The van der Waals surface area contributed by atoms with Crippen LogP contribution in [0.15, 0.2) is 22.9 Å². The highest BCUT2D eigenvalue weighted by atomic mass is 79.9. The van der Waals surface area contributed by atoms with Gasteiger partial charge >= 0.3 is 0 Å². The number of alkyl halides is 1. The van der Waals surface area contributed by atoms with E-state index in [9.17, 15) is 0 Å². The summed E-state index contributed by atoms with van der Waals surface area (Å²) in [7, 11) is 0. The zero-order chi connectivity index (χ0) is 10.0. The fourth-order valence-electron chi connectivity index (χ4n) is 2.02. The van der Waals surface area contributed by atoms with Crippen LogP contribution in [0, 0.1) is 5.41 Å². The van der Waals surface area contributed by atoms with Crippen LogP contribution in [0.2, 0.25) is 0 Å². The molecule has 1 saturated carbocycles. The predicted octanol–water partition coefficient (Wildman–Crippen LogP) is 3.95. The van der Waals surface area contributed by atoms with Crippen molar-refractivity contribution in [3.05, 3.63) is 28.5 Å². The van der Waals surface area contributed by atoms with E-state index < -0.39 is 0 Å². The molecule has 76 valence electrons. The molecule has 2 rings (SSSR count). The van der Waals surface area contributed by atoms with Crippen LogP contribution >= 0.6 is 31.9 Å². The second-order valence-corrected chi connectivity index (χ2v) is 5.65. The van der Waals surface area contributed by atoms with Gasteiger partial charge in [0.1, 0.15) is 0 Å². The smallest absolute Gasteiger partial charge is 0.0410 e. The molecule has 0 radical (unpaired) electrons. The van der Waals surface area contributed by atoms with E-state index in [-0.39, 0.29) is 0 Å². The van der Waals surface area contributed by atoms with Crippen LogP contribution in [0.3, 0.4) is 0 Å². The molecule has 0 aliphatic heterocycles. The Labute approximate surface area is 102 Å². The maximum absolute atomic E-state index is 4.20. The van der Waals surface area contributed by atoms with Crippen molar-refractivity contribution in [2.24, 2.45) is 5.41 Å². The molecule has 0 atom stereocenters. The Hall–Kier alpha value is 0.110. The Kier molecular flexibility index (Phi) is 3.27. The highest BCUT2D eigenvalue weighted by Crippen LogP contribution is 2.45. The summed E-state index contributed by atoms with van der Waals surface area (Å²) < 4.78 is 1.08. The number of aromatic nitrogens is 1. The SMILES string of the molecule is BrCC1(Cc2cncc(Br)c2)CCC1. The van der Waals surface area contributed by atoms with Gasteiger partial charge < -0.3 is 0 Å². The highest BCUT2D eigenvalue weighted by Gasteiger charge is 2.35. The number of halogens is 2. The molecule has 0 aromatic carbocycles. The third-order valence-electron chi connectivity index (χ3n) is 3.04. The quantitative estimate of drug-likeness (QED) is 0.769. The van der Waals surface area contributed by atoms with Gasteiger partial charge in [0, 0.05) is 22.2 Å². The summed E-state index contributed by atoms with van der Waals surface area (Å²) in [6.45, 7) is 0. The molecule has 1 aromatic heterocycles. The lowest BCUT2D eigenvalue weighted by atomic mass is 9.67. The van der Waals surface area contributed by atoms with E-state index >= 15 is 0 Å². The first-order valence-electron chi connectivity index (χ1n) is 4.90. The van der Waals surface area contributed by atoms with Crippen molar-refractivity contribution in [3.8, 4) is 0 Å². The maximum Gasteiger partial charge on any atom is 0.0410 e. The average molecular weight is 319 g/mol. The Bertz CT molecular complexity index is 315. The average Bonchev–Trinajstić information content (AvgIpc) is 2.11. The Morgan fingerprint density at radius 2 is 2.14 bits per heavy atom. The molecule has 14 heavy (non-hydrogen) atoms. The molecule has 0 unspecified atom stereocenters. The van der Waals surface area contributed by atoms with Gasteiger partial charge in [-0.3, -0.25) is 4.98 Å². The van der Waals surface area contributed by atoms with Gasteiger partial charge in [0.15, 0.2) is 0 Å². The first-order chi connectivity index (χ1) is 6.74. The summed E-state index contributed by atoms with van der Waals surface area (Å²) in [6.07, 6.45) is 9.06. The zero-order valence-electron chi connectivity index (χ0n) is 7.97. The number of nitrogens with zero attached hydrogens (tertiary/aromatic N) is 1. The van der Waals surface area contributed by atoms with Gasteiger partial charge in [-0.15, -0.1) is 0 Å². The molecule has 1 nitrogen and oxygen atoms in total. The van der Waals surface area contributed by atoms with Crippen LogP contribution in [0.1, 0.15) is 24.8 Å². The summed E-state index contributed by atoms with van der Waals surface area (Å²) in [6, 6.07) is 2.18. The summed E-state index contributed by atoms with van der Waals surface area (Å²) in [5, 5.41) is 1.12. The molecule has 0 N–H and O–H groups in total. The normalized spacial score (nSPS) is 19.0. The van der Waals surface area contributed by atoms with E-state index in [2.05, 4.69) is 42.9 Å². The number of hydrogen-bond donors (Lipinski definition) is 0. The Morgan fingerprint density at radius 1 is 1.36 bits per heavy atom. The topological polar surface area (TPSA) is 12.9 Å². The highest BCUT2D eigenvalue weighted by molar-refractivity contribution is 9.10. The van der Waals surface area contributed by atoms with Crippen molar-refractivity contribution in [1.29, 1.82) is 0 Å². The van der Waals surface area contributed by atoms with Crippen molar-refractivity contribution in [2.45, 2.75) is 25.7 Å². The van der Waals surface area contributed by atoms with Crippen molar-refractivity contribution in [3.63, 3.8) is 0 Å². The van der Waals surface area contributed by atoms with E-state index in [1.54, 1.807) is 0 Å². The fraction of sp³-hybridized carbons (Fsp3) is 0.545. The van der Waals surface area contributed by atoms with E-state index in [0.717, 1.165) is 16.2 Å². The number of rotatable bonds is 3. The largest absolute Gasteiger partial charge is 0.263 e. The van der Waals surface area contributed by atoms with E-state index in [0.29, 0.717) is 5.41 Å². The van der Waals surface area contributed by atoms with Crippen LogP contribution in [-0.2, 0) is 6.42 Å². The minimum absolute atomic E-state index is 0.516. The predicted molar refractivity (Wildman–Crippen MR) is 65.7 cm³/mol. The molecule has 1 aliphatic carbocycles. The van der Waals surface area contributed by atoms with Crippen LogP contribution < -0.4 is 0 Å². The third-order valence-corrected chi connectivity index (χ3v) is 4.66. The minimum Gasteiger partial charge on any atom is -0.263 e. The minimum atomic E-state index is 0.516. The fourth-order valence-corrected chi connectivity index (χ4v) is 3.19. The maximum atomic E-state index is 4.20. The van der Waals surface area contributed by atoms with Gasteiger partial charge in [-0.05, 0) is 52.2 Å². The summed E-state index contributed by atoms with van der Waals surface area (Å²) in [4.78, 5) is 4.20. The second kappa shape index (κ2) is 4.31. The van der Waals surface area contributed by atoms with Crippen molar-refractivity contribution < 1.29 is 0 Å². The molecule has 0 amide bonds.